The standard InChI is InChI=1S/C16H27N3OS/c1-4-21-13-6-5-12(9-13)18-15-8-7-14(17)16(19-15)20-10-11(2)3/h7-8,11-13H,4-6,9-10,17H2,1-3H3,(H,18,19). The molecule has 0 saturated heterocycles. The van der Waals surface area contributed by atoms with E-state index >= 15 is 0 Å². The second kappa shape index (κ2) is 7.78. The summed E-state index contributed by atoms with van der Waals surface area (Å²) in [4.78, 5) is 4.51. The van der Waals surface area contributed by atoms with E-state index in [0.717, 1.165) is 11.1 Å². The fourth-order valence-corrected chi connectivity index (χ4v) is 3.70. The van der Waals surface area contributed by atoms with Crippen LogP contribution in [0.25, 0.3) is 0 Å². The van der Waals surface area contributed by atoms with E-state index in [4.69, 9.17) is 10.5 Å². The highest BCUT2D eigenvalue weighted by molar-refractivity contribution is 7.99. The number of anilines is 2. The zero-order chi connectivity index (χ0) is 15.2. The maximum Gasteiger partial charge on any atom is 0.239 e. The largest absolute Gasteiger partial charge is 0.476 e. The predicted octanol–water partition coefficient (Wildman–Crippen LogP) is 3.78. The zero-order valence-electron chi connectivity index (χ0n) is 13.3. The lowest BCUT2D eigenvalue weighted by atomic mass is 10.2. The molecule has 2 atom stereocenters. The third-order valence-corrected chi connectivity index (χ3v) is 4.81. The van der Waals surface area contributed by atoms with Crippen LogP contribution in [-0.2, 0) is 0 Å². The summed E-state index contributed by atoms with van der Waals surface area (Å²) in [6.45, 7) is 7.09. The van der Waals surface area contributed by atoms with Crippen molar-refractivity contribution in [3.63, 3.8) is 0 Å². The van der Waals surface area contributed by atoms with Crippen molar-refractivity contribution in [2.24, 2.45) is 5.92 Å². The quantitative estimate of drug-likeness (QED) is 0.802. The van der Waals surface area contributed by atoms with Gasteiger partial charge in [0.2, 0.25) is 5.88 Å². The Hall–Kier alpha value is -1.10. The zero-order valence-corrected chi connectivity index (χ0v) is 14.1. The van der Waals surface area contributed by atoms with Crippen molar-refractivity contribution in [1.29, 1.82) is 0 Å². The summed E-state index contributed by atoms with van der Waals surface area (Å²) in [5.41, 5.74) is 6.53. The monoisotopic (exact) mass is 309 g/mol. The molecule has 5 heteroatoms. The fourth-order valence-electron chi connectivity index (χ4n) is 2.56. The van der Waals surface area contributed by atoms with Gasteiger partial charge in [0.1, 0.15) is 5.82 Å². The van der Waals surface area contributed by atoms with Crippen LogP contribution in [0.15, 0.2) is 12.1 Å². The molecule has 0 spiro atoms. The number of pyridine rings is 1. The molecule has 118 valence electrons. The fraction of sp³-hybridized carbons (Fsp3) is 0.688. The third kappa shape index (κ3) is 4.99. The van der Waals surface area contributed by atoms with E-state index in [1.807, 2.05) is 12.1 Å². The number of aromatic nitrogens is 1. The molecule has 3 N–H and O–H groups in total. The number of rotatable bonds is 7. The summed E-state index contributed by atoms with van der Waals surface area (Å²) in [5, 5.41) is 4.31. The van der Waals surface area contributed by atoms with Crippen LogP contribution in [0.4, 0.5) is 11.5 Å². The molecule has 1 saturated carbocycles. The van der Waals surface area contributed by atoms with Gasteiger partial charge in [-0.15, -0.1) is 0 Å². The lowest BCUT2D eigenvalue weighted by molar-refractivity contribution is 0.263. The molecule has 0 amide bonds. The average Bonchev–Trinajstić information content (AvgIpc) is 2.87. The van der Waals surface area contributed by atoms with Gasteiger partial charge in [-0.1, -0.05) is 20.8 Å². The van der Waals surface area contributed by atoms with Crippen LogP contribution in [0, 0.1) is 5.92 Å². The maximum absolute atomic E-state index is 5.93. The molecule has 0 aliphatic heterocycles. The SMILES string of the molecule is CCSC1CCC(Nc2ccc(N)c(OCC(C)C)n2)C1. The van der Waals surface area contributed by atoms with Crippen molar-refractivity contribution < 1.29 is 4.74 Å². The second-order valence-corrected chi connectivity index (χ2v) is 7.60. The van der Waals surface area contributed by atoms with Gasteiger partial charge in [-0.2, -0.15) is 16.7 Å². The van der Waals surface area contributed by atoms with Crippen LogP contribution in [0.5, 0.6) is 5.88 Å². The topological polar surface area (TPSA) is 60.2 Å². The highest BCUT2D eigenvalue weighted by atomic mass is 32.2. The summed E-state index contributed by atoms with van der Waals surface area (Å²) in [5.74, 6) is 3.08. The predicted molar refractivity (Wildman–Crippen MR) is 92.2 cm³/mol. The molecule has 1 aromatic heterocycles. The first-order valence-corrected chi connectivity index (χ1v) is 8.90. The molecule has 1 aliphatic rings. The van der Waals surface area contributed by atoms with Gasteiger partial charge < -0.3 is 15.8 Å². The number of thioether (sulfide) groups is 1. The minimum absolute atomic E-state index is 0.462. The Bertz CT molecular complexity index is 453. The molecule has 1 fully saturated rings. The van der Waals surface area contributed by atoms with Gasteiger partial charge in [0, 0.05) is 11.3 Å². The number of nitrogens with one attached hydrogen (secondary N) is 1. The Balaban J connectivity index is 1.93. The van der Waals surface area contributed by atoms with E-state index in [9.17, 15) is 0 Å². The van der Waals surface area contributed by atoms with Crippen molar-refractivity contribution in [3.05, 3.63) is 12.1 Å². The molecule has 2 rings (SSSR count). The van der Waals surface area contributed by atoms with Gasteiger partial charge in [0.25, 0.3) is 0 Å². The third-order valence-electron chi connectivity index (χ3n) is 3.58. The molecule has 1 aromatic rings. The second-order valence-electron chi connectivity index (χ2n) is 6.03. The summed E-state index contributed by atoms with van der Waals surface area (Å²) >= 11 is 2.07. The molecule has 1 aliphatic carbocycles. The Morgan fingerprint density at radius 2 is 2.24 bits per heavy atom. The number of ether oxygens (including phenoxy) is 1. The number of nitrogens with two attached hydrogens (primary N) is 1. The highest BCUT2D eigenvalue weighted by Crippen LogP contribution is 2.32. The first kappa shape index (κ1) is 16.3. The Labute approximate surface area is 132 Å². The van der Waals surface area contributed by atoms with Crippen molar-refractivity contribution in [2.45, 2.75) is 51.3 Å². The molecule has 21 heavy (non-hydrogen) atoms. The molecular weight excluding hydrogens is 282 g/mol. The molecule has 0 radical (unpaired) electrons. The Kier molecular flexibility index (Phi) is 6.03. The lowest BCUT2D eigenvalue weighted by Crippen LogP contribution is -2.17. The van der Waals surface area contributed by atoms with Crippen molar-refractivity contribution in [3.8, 4) is 5.88 Å². The van der Waals surface area contributed by atoms with Crippen LogP contribution < -0.4 is 15.8 Å². The number of hydrogen-bond acceptors (Lipinski definition) is 5. The van der Waals surface area contributed by atoms with Gasteiger partial charge in [-0.25, -0.2) is 0 Å². The van der Waals surface area contributed by atoms with E-state index in [-0.39, 0.29) is 0 Å². The summed E-state index contributed by atoms with van der Waals surface area (Å²) < 4.78 is 5.68. The van der Waals surface area contributed by atoms with Crippen molar-refractivity contribution in [1.82, 2.24) is 4.98 Å². The van der Waals surface area contributed by atoms with E-state index in [1.54, 1.807) is 0 Å². The summed E-state index contributed by atoms with van der Waals surface area (Å²) in [6, 6.07) is 4.33. The minimum atomic E-state index is 0.462. The van der Waals surface area contributed by atoms with Gasteiger partial charge in [-0.05, 0) is 43.1 Å². The number of nitrogen functional groups attached to an aromatic ring is 1. The van der Waals surface area contributed by atoms with Crippen LogP contribution >= 0.6 is 11.8 Å². The van der Waals surface area contributed by atoms with E-state index in [1.165, 1.54) is 25.0 Å². The molecule has 4 nitrogen and oxygen atoms in total. The van der Waals surface area contributed by atoms with Gasteiger partial charge in [0.05, 0.1) is 12.3 Å². The average molecular weight is 309 g/mol. The van der Waals surface area contributed by atoms with Crippen LogP contribution in [0.2, 0.25) is 0 Å². The normalized spacial score (nSPS) is 21.7. The minimum Gasteiger partial charge on any atom is -0.476 e. The molecule has 0 bridgehead atoms. The molecule has 0 aromatic carbocycles. The van der Waals surface area contributed by atoms with Crippen LogP contribution in [0.3, 0.4) is 0 Å². The number of nitrogens with zero attached hydrogens (tertiary/aromatic N) is 1. The highest BCUT2D eigenvalue weighted by Gasteiger charge is 2.24. The molecule has 2 unspecified atom stereocenters. The van der Waals surface area contributed by atoms with Crippen molar-refractivity contribution in [2.75, 3.05) is 23.4 Å². The van der Waals surface area contributed by atoms with E-state index in [0.29, 0.717) is 30.1 Å². The van der Waals surface area contributed by atoms with Crippen LogP contribution in [-0.4, -0.2) is 28.6 Å². The number of hydrogen-bond donors (Lipinski definition) is 2. The Morgan fingerprint density at radius 1 is 1.43 bits per heavy atom. The summed E-state index contributed by atoms with van der Waals surface area (Å²) in [6.07, 6.45) is 3.72. The first-order valence-electron chi connectivity index (χ1n) is 7.86. The first-order chi connectivity index (χ1) is 10.1. The maximum atomic E-state index is 5.93. The molecule has 1 heterocycles. The van der Waals surface area contributed by atoms with Gasteiger partial charge in [0.15, 0.2) is 0 Å². The van der Waals surface area contributed by atoms with Gasteiger partial charge >= 0.3 is 0 Å². The van der Waals surface area contributed by atoms with Crippen molar-refractivity contribution >= 4 is 23.3 Å². The smallest absolute Gasteiger partial charge is 0.239 e. The van der Waals surface area contributed by atoms with E-state index in [2.05, 4.69) is 42.8 Å². The molecular formula is C16H27N3OS. The Morgan fingerprint density at radius 3 is 2.95 bits per heavy atom. The summed E-state index contributed by atoms with van der Waals surface area (Å²) in [7, 11) is 0. The lowest BCUT2D eigenvalue weighted by Gasteiger charge is -2.16. The van der Waals surface area contributed by atoms with E-state index < -0.39 is 0 Å². The van der Waals surface area contributed by atoms with Crippen LogP contribution in [0.1, 0.15) is 40.0 Å². The van der Waals surface area contributed by atoms with Gasteiger partial charge in [-0.3, -0.25) is 0 Å².